The third-order valence-corrected chi connectivity index (χ3v) is 6.52. The highest BCUT2D eigenvalue weighted by atomic mass is 35.5. The van der Waals surface area contributed by atoms with Crippen molar-refractivity contribution in [3.63, 3.8) is 0 Å². The van der Waals surface area contributed by atoms with Gasteiger partial charge >= 0.3 is 0 Å². The van der Waals surface area contributed by atoms with Gasteiger partial charge in [-0.25, -0.2) is 4.98 Å². The van der Waals surface area contributed by atoms with E-state index in [0.717, 1.165) is 39.0 Å². The van der Waals surface area contributed by atoms with Crippen molar-refractivity contribution in [2.75, 3.05) is 44.9 Å². The van der Waals surface area contributed by atoms with Crippen LogP contribution in [0.4, 0.5) is 5.13 Å². The largest absolute Gasteiger partial charge is 0.497 e. The number of amides is 1. The molecule has 0 aliphatic heterocycles. The Morgan fingerprint density at radius 3 is 2.53 bits per heavy atom. The van der Waals surface area contributed by atoms with Crippen molar-refractivity contribution in [1.29, 1.82) is 0 Å². The van der Waals surface area contributed by atoms with Gasteiger partial charge in [0.15, 0.2) is 5.13 Å². The number of benzene rings is 2. The molecule has 30 heavy (non-hydrogen) atoms. The molecule has 0 saturated heterocycles. The first-order valence-corrected chi connectivity index (χ1v) is 11.4. The lowest BCUT2D eigenvalue weighted by atomic mass is 10.2. The van der Waals surface area contributed by atoms with Crippen LogP contribution in [0.15, 0.2) is 47.4 Å². The van der Waals surface area contributed by atoms with Gasteiger partial charge in [-0.15, -0.1) is 24.2 Å². The van der Waals surface area contributed by atoms with Crippen molar-refractivity contribution in [3.8, 4) is 5.75 Å². The van der Waals surface area contributed by atoms with E-state index in [0.29, 0.717) is 12.3 Å². The van der Waals surface area contributed by atoms with Gasteiger partial charge in [0.1, 0.15) is 5.75 Å². The summed E-state index contributed by atoms with van der Waals surface area (Å²) in [6.07, 6.45) is 0.896. The quantitative estimate of drug-likeness (QED) is 0.411. The second-order valence-corrected chi connectivity index (χ2v) is 9.19. The summed E-state index contributed by atoms with van der Waals surface area (Å²) in [5, 5.41) is 0.751. The molecule has 3 aromatic rings. The molecule has 1 aromatic heterocycles. The zero-order valence-electron chi connectivity index (χ0n) is 17.8. The summed E-state index contributed by atoms with van der Waals surface area (Å²) in [6, 6.07) is 14.1. The molecule has 0 N–H and O–H groups in total. The minimum absolute atomic E-state index is 0. The Morgan fingerprint density at radius 2 is 1.87 bits per heavy atom. The first-order chi connectivity index (χ1) is 14.0. The number of fused-ring (bicyclic) bond motifs is 1. The molecule has 0 saturated carbocycles. The number of carbonyl (C=O) groups is 1. The van der Waals surface area contributed by atoms with Crippen LogP contribution in [0.25, 0.3) is 10.2 Å². The van der Waals surface area contributed by atoms with E-state index in [-0.39, 0.29) is 18.3 Å². The number of hydrogen-bond acceptors (Lipinski definition) is 6. The molecule has 0 radical (unpaired) electrons. The Hall–Kier alpha value is -1.80. The first kappa shape index (κ1) is 24.5. The van der Waals surface area contributed by atoms with Crippen LogP contribution in [-0.4, -0.2) is 55.8 Å². The van der Waals surface area contributed by atoms with Gasteiger partial charge < -0.3 is 9.64 Å². The van der Waals surface area contributed by atoms with E-state index in [9.17, 15) is 4.79 Å². The monoisotopic (exact) mass is 465 g/mol. The van der Waals surface area contributed by atoms with E-state index in [2.05, 4.69) is 36.1 Å². The number of ether oxygens (including phenoxy) is 1. The summed E-state index contributed by atoms with van der Waals surface area (Å²) >= 11 is 3.10. The van der Waals surface area contributed by atoms with E-state index < -0.39 is 0 Å². The fraction of sp³-hybridized carbons (Fsp3) is 0.364. The van der Waals surface area contributed by atoms with E-state index in [1.54, 1.807) is 18.9 Å². The molecule has 0 spiro atoms. The van der Waals surface area contributed by atoms with Crippen molar-refractivity contribution < 1.29 is 9.53 Å². The number of aromatic nitrogens is 1. The van der Waals surface area contributed by atoms with Crippen LogP contribution in [0.1, 0.15) is 12.0 Å². The molecule has 1 heterocycles. The van der Waals surface area contributed by atoms with E-state index in [4.69, 9.17) is 9.72 Å². The van der Waals surface area contributed by atoms with Crippen LogP contribution >= 0.6 is 35.5 Å². The summed E-state index contributed by atoms with van der Waals surface area (Å²) in [5.74, 6) is 1.28. The summed E-state index contributed by atoms with van der Waals surface area (Å²) in [4.78, 5) is 22.9. The maximum absolute atomic E-state index is 13.1. The molecular formula is C22H28ClN3O2S2. The number of nitrogens with zero attached hydrogens (tertiary/aromatic N) is 3. The topological polar surface area (TPSA) is 45.7 Å². The van der Waals surface area contributed by atoms with Gasteiger partial charge in [0.2, 0.25) is 5.91 Å². The normalized spacial score (nSPS) is 10.8. The maximum atomic E-state index is 13.1. The van der Waals surface area contributed by atoms with E-state index in [1.165, 1.54) is 16.9 Å². The summed E-state index contributed by atoms with van der Waals surface area (Å²) in [6.45, 7) is 3.64. The van der Waals surface area contributed by atoms with Crippen molar-refractivity contribution in [3.05, 3.63) is 48.0 Å². The van der Waals surface area contributed by atoms with E-state index >= 15 is 0 Å². The summed E-state index contributed by atoms with van der Waals surface area (Å²) in [5.41, 5.74) is 2.11. The standard InChI is InChI=1S/C22H27N3O2S2.ClH/c1-16-6-9-18(10-7-16)28-15-21(26)25(13-5-12-24(2)3)22-23-19-11-8-17(27-4)14-20(19)29-22;/h6-11,14H,5,12-13,15H2,1-4H3;1H. The number of thioether (sulfide) groups is 1. The van der Waals surface area contributed by atoms with Gasteiger partial charge in [-0.2, -0.15) is 0 Å². The Kier molecular flexibility index (Phi) is 9.42. The lowest BCUT2D eigenvalue weighted by Gasteiger charge is -2.21. The van der Waals surface area contributed by atoms with Crippen LogP contribution in [-0.2, 0) is 4.79 Å². The van der Waals surface area contributed by atoms with Gasteiger partial charge in [0.25, 0.3) is 0 Å². The highest BCUT2D eigenvalue weighted by molar-refractivity contribution is 8.00. The molecule has 0 bridgehead atoms. The number of rotatable bonds is 9. The summed E-state index contributed by atoms with van der Waals surface area (Å²) < 4.78 is 6.34. The zero-order valence-corrected chi connectivity index (χ0v) is 20.2. The lowest BCUT2D eigenvalue weighted by Crippen LogP contribution is -2.34. The highest BCUT2D eigenvalue weighted by Gasteiger charge is 2.20. The molecule has 0 unspecified atom stereocenters. The van der Waals surface area contributed by atoms with Crippen LogP contribution < -0.4 is 9.64 Å². The second-order valence-electron chi connectivity index (χ2n) is 7.13. The molecule has 2 aromatic carbocycles. The minimum atomic E-state index is 0. The Morgan fingerprint density at radius 1 is 1.13 bits per heavy atom. The van der Waals surface area contributed by atoms with Crippen LogP contribution in [0.2, 0.25) is 0 Å². The van der Waals surface area contributed by atoms with E-state index in [1.807, 2.05) is 37.2 Å². The number of thiazole rings is 1. The van der Waals surface area contributed by atoms with Crippen molar-refractivity contribution >= 4 is 56.8 Å². The predicted molar refractivity (Wildman–Crippen MR) is 131 cm³/mol. The number of methoxy groups -OCH3 is 1. The minimum Gasteiger partial charge on any atom is -0.497 e. The zero-order chi connectivity index (χ0) is 20.8. The molecule has 162 valence electrons. The molecule has 5 nitrogen and oxygen atoms in total. The molecule has 0 atom stereocenters. The third-order valence-electron chi connectivity index (χ3n) is 4.49. The van der Waals surface area contributed by atoms with Crippen molar-refractivity contribution in [2.24, 2.45) is 0 Å². The molecule has 1 amide bonds. The number of halogens is 1. The third kappa shape index (κ3) is 6.60. The Balaban J connectivity index is 0.00000320. The van der Waals surface area contributed by atoms with Gasteiger partial charge in [0.05, 0.1) is 23.1 Å². The van der Waals surface area contributed by atoms with Gasteiger partial charge in [0, 0.05) is 11.4 Å². The van der Waals surface area contributed by atoms with Gasteiger partial charge in [-0.05, 0) is 64.3 Å². The predicted octanol–water partition coefficient (Wildman–Crippen LogP) is 5.11. The number of aryl methyl sites for hydroxylation is 1. The SMILES string of the molecule is COc1ccc2nc(N(CCCN(C)C)C(=O)CSc3ccc(C)cc3)sc2c1.Cl. The molecular weight excluding hydrogens is 438 g/mol. The average Bonchev–Trinajstić information content (AvgIpc) is 3.13. The van der Waals surface area contributed by atoms with Crippen LogP contribution in [0.3, 0.4) is 0 Å². The maximum Gasteiger partial charge on any atom is 0.239 e. The lowest BCUT2D eigenvalue weighted by molar-refractivity contribution is -0.116. The fourth-order valence-electron chi connectivity index (χ4n) is 2.86. The van der Waals surface area contributed by atoms with Crippen molar-refractivity contribution in [2.45, 2.75) is 18.2 Å². The molecule has 0 aliphatic carbocycles. The first-order valence-electron chi connectivity index (χ1n) is 9.55. The second kappa shape index (κ2) is 11.6. The Bertz CT molecular complexity index is 961. The van der Waals surface area contributed by atoms with Crippen LogP contribution in [0, 0.1) is 6.92 Å². The highest BCUT2D eigenvalue weighted by Crippen LogP contribution is 2.32. The number of carbonyl (C=O) groups excluding carboxylic acids is 1. The molecule has 0 fully saturated rings. The summed E-state index contributed by atoms with van der Waals surface area (Å²) in [7, 11) is 5.75. The van der Waals surface area contributed by atoms with Crippen LogP contribution in [0.5, 0.6) is 5.75 Å². The molecule has 0 aliphatic rings. The molecule has 8 heteroatoms. The number of hydrogen-bond donors (Lipinski definition) is 0. The average molecular weight is 466 g/mol. The smallest absolute Gasteiger partial charge is 0.239 e. The van der Waals surface area contributed by atoms with Gasteiger partial charge in [-0.1, -0.05) is 29.0 Å². The fourth-order valence-corrected chi connectivity index (χ4v) is 4.68. The molecule has 3 rings (SSSR count). The Labute approximate surface area is 192 Å². The number of anilines is 1. The van der Waals surface area contributed by atoms with Gasteiger partial charge in [-0.3, -0.25) is 9.69 Å². The van der Waals surface area contributed by atoms with Crippen molar-refractivity contribution in [1.82, 2.24) is 9.88 Å².